The van der Waals surface area contributed by atoms with Gasteiger partial charge < -0.3 is 24.8 Å². The van der Waals surface area contributed by atoms with Gasteiger partial charge in [-0.2, -0.15) is 0 Å². The number of rotatable bonds is 13. The van der Waals surface area contributed by atoms with Crippen LogP contribution in [0.5, 0.6) is 0 Å². The van der Waals surface area contributed by atoms with Crippen LogP contribution in [-0.2, 0) is 25.5 Å². The van der Waals surface area contributed by atoms with E-state index >= 15 is 0 Å². The van der Waals surface area contributed by atoms with Crippen molar-refractivity contribution in [3.05, 3.63) is 59.7 Å². The Morgan fingerprint density at radius 3 is 2.28 bits per heavy atom. The topological polar surface area (TPSA) is 113 Å². The molecule has 7 nitrogen and oxygen atoms in total. The third kappa shape index (κ3) is 7.27. The summed E-state index contributed by atoms with van der Waals surface area (Å²) in [6.07, 6.45) is 25.4. The van der Waals surface area contributed by atoms with Gasteiger partial charge in [0, 0.05) is 17.4 Å². The smallest absolute Gasteiger partial charge is 0.331 e. The molecule has 1 heterocycles. The van der Waals surface area contributed by atoms with Gasteiger partial charge in [0.2, 0.25) is 0 Å². The molecule has 5 saturated carbocycles. The zero-order valence-electron chi connectivity index (χ0n) is 36.0. The minimum Gasteiger partial charge on any atom is -0.462 e. The molecule has 1 aromatic rings. The summed E-state index contributed by atoms with van der Waals surface area (Å²) in [7, 11) is 0. The molecule has 1 aliphatic heterocycles. The van der Waals surface area contributed by atoms with Crippen LogP contribution in [0.15, 0.2) is 54.1 Å². The molecule has 0 unspecified atom stereocenters. The number of aliphatic hydroxyl groups excluding tert-OH is 1. The quantitative estimate of drug-likeness (QED) is 0.135. The molecule has 0 saturated heterocycles. The lowest BCUT2D eigenvalue weighted by molar-refractivity contribution is -0.362. The number of fused-ring (bicyclic) bond motifs is 1. The van der Waals surface area contributed by atoms with Gasteiger partial charge in [0.15, 0.2) is 0 Å². The molecule has 0 amide bonds. The maximum atomic E-state index is 14.4. The summed E-state index contributed by atoms with van der Waals surface area (Å²) < 4.78 is 12.3. The van der Waals surface area contributed by atoms with E-state index in [4.69, 9.17) is 9.47 Å². The maximum absolute atomic E-state index is 14.4. The Bertz CT molecular complexity index is 1680. The molecule has 6 aliphatic carbocycles. The fourth-order valence-corrected chi connectivity index (χ4v) is 14.8. The van der Waals surface area contributed by atoms with E-state index in [1.165, 1.54) is 44.1 Å². The summed E-state index contributed by atoms with van der Waals surface area (Å²) in [4.78, 5) is 26.6. The molecule has 7 aliphatic rings. The van der Waals surface area contributed by atoms with Crippen LogP contribution in [0.3, 0.4) is 0 Å². The van der Waals surface area contributed by atoms with Gasteiger partial charge in [0.05, 0.1) is 28.6 Å². The van der Waals surface area contributed by atoms with Crippen LogP contribution in [0.1, 0.15) is 168 Å². The monoisotopic (exact) mass is 799 g/mol. The Kier molecular flexibility index (Phi) is 12.0. The van der Waals surface area contributed by atoms with E-state index in [0.29, 0.717) is 42.9 Å². The summed E-state index contributed by atoms with van der Waals surface area (Å²) in [6.45, 7) is 6.94. The van der Waals surface area contributed by atoms with E-state index in [0.717, 1.165) is 82.6 Å². The predicted octanol–water partition coefficient (Wildman–Crippen LogP) is 10.1. The zero-order valence-corrected chi connectivity index (χ0v) is 36.0. The molecule has 320 valence electrons. The highest BCUT2D eigenvalue weighted by Crippen LogP contribution is 2.76. The van der Waals surface area contributed by atoms with Crippen molar-refractivity contribution in [3.8, 4) is 0 Å². The molecule has 8 rings (SSSR count). The van der Waals surface area contributed by atoms with Crippen molar-refractivity contribution in [2.75, 3.05) is 6.61 Å². The van der Waals surface area contributed by atoms with Gasteiger partial charge in [-0.15, -0.1) is 0 Å². The van der Waals surface area contributed by atoms with Crippen LogP contribution in [0.4, 0.5) is 0 Å². The first-order chi connectivity index (χ1) is 27.8. The zero-order chi connectivity index (χ0) is 40.8. The molecule has 7 heteroatoms. The summed E-state index contributed by atoms with van der Waals surface area (Å²) in [5.74, 6) is -0.435. The Morgan fingerprint density at radius 2 is 1.59 bits per heavy atom. The molecule has 5 fully saturated rings. The second-order valence-corrected chi connectivity index (χ2v) is 21.4. The predicted molar refractivity (Wildman–Crippen MR) is 226 cm³/mol. The van der Waals surface area contributed by atoms with Gasteiger partial charge >= 0.3 is 11.9 Å². The summed E-state index contributed by atoms with van der Waals surface area (Å²) in [5, 5.41) is 41.0. The lowest BCUT2D eigenvalue weighted by Crippen LogP contribution is -2.83. The number of hydrogen-bond acceptors (Lipinski definition) is 7. The van der Waals surface area contributed by atoms with Crippen LogP contribution in [0, 0.1) is 45.3 Å². The minimum atomic E-state index is -1.56. The number of aryl methyl sites for hydroxylation is 1. The molecule has 0 aromatic heterocycles. The van der Waals surface area contributed by atoms with Crippen LogP contribution in [0.2, 0.25) is 0 Å². The fraction of sp³-hybridized carbons (Fsp3) is 0.765. The molecule has 2 bridgehead atoms. The third-order valence-corrected chi connectivity index (χ3v) is 18.2. The van der Waals surface area contributed by atoms with Gasteiger partial charge in [-0.05, 0) is 143 Å². The van der Waals surface area contributed by atoms with E-state index in [-0.39, 0.29) is 30.9 Å². The summed E-state index contributed by atoms with van der Waals surface area (Å²) in [6, 6.07) is 10.6. The summed E-state index contributed by atoms with van der Waals surface area (Å²) >= 11 is 0. The van der Waals surface area contributed by atoms with Crippen LogP contribution < -0.4 is 0 Å². The SMILES string of the molecule is C[C@H](CCCc1ccccc1)CC[C@@]1(O)C=C[C@@]2(C)C[C@@H](OC(=O)C3CCCCC3)[C@@H]3[C@]1([C@H](O)CC[C@@]3(C)C1CCC3(CCCC3)CC1)[C@@]2(O)CCC1=CC(=O)OC1. The fourth-order valence-electron chi connectivity index (χ4n) is 14.8. The minimum absolute atomic E-state index is 0.130. The van der Waals surface area contributed by atoms with Gasteiger partial charge in [-0.3, -0.25) is 4.79 Å². The number of hydrogen-bond donors (Lipinski definition) is 3. The molecule has 0 radical (unpaired) electrons. The Morgan fingerprint density at radius 1 is 0.862 bits per heavy atom. The molecule has 2 spiro atoms. The molecular weight excluding hydrogens is 725 g/mol. The first-order valence-electron chi connectivity index (χ1n) is 23.7. The van der Waals surface area contributed by atoms with E-state index < -0.39 is 45.6 Å². The number of benzene rings is 1. The Balaban J connectivity index is 1.20. The van der Waals surface area contributed by atoms with E-state index in [1.54, 1.807) is 6.08 Å². The number of carbonyl (C=O) groups excluding carboxylic acids is 2. The van der Waals surface area contributed by atoms with Crippen LogP contribution in [0.25, 0.3) is 0 Å². The molecule has 1 aromatic carbocycles. The van der Waals surface area contributed by atoms with Crippen molar-refractivity contribution in [2.24, 2.45) is 45.3 Å². The normalized spacial score (nSPS) is 39.2. The lowest BCUT2D eigenvalue weighted by Gasteiger charge is -2.76. The first kappa shape index (κ1) is 42.2. The van der Waals surface area contributed by atoms with Crippen LogP contribution >= 0.6 is 0 Å². The molecule has 58 heavy (non-hydrogen) atoms. The van der Waals surface area contributed by atoms with Gasteiger partial charge in [0.25, 0.3) is 0 Å². The first-order valence-corrected chi connectivity index (χ1v) is 23.7. The summed E-state index contributed by atoms with van der Waals surface area (Å²) in [5.41, 5.74) is -3.22. The van der Waals surface area contributed by atoms with Crippen molar-refractivity contribution >= 4 is 11.9 Å². The van der Waals surface area contributed by atoms with Crippen LogP contribution in [-0.4, -0.2) is 57.3 Å². The van der Waals surface area contributed by atoms with Gasteiger partial charge in [-0.25, -0.2) is 4.79 Å². The van der Waals surface area contributed by atoms with Crippen molar-refractivity contribution in [1.29, 1.82) is 0 Å². The Hall–Kier alpha value is -2.48. The molecular formula is C51H74O7. The van der Waals surface area contributed by atoms with E-state index in [9.17, 15) is 24.9 Å². The molecule has 9 atom stereocenters. The van der Waals surface area contributed by atoms with Crippen molar-refractivity contribution in [2.45, 2.75) is 192 Å². The highest BCUT2D eigenvalue weighted by Gasteiger charge is 2.81. The number of carbonyl (C=O) groups is 2. The number of esters is 2. The van der Waals surface area contributed by atoms with Crippen molar-refractivity contribution in [1.82, 2.24) is 0 Å². The third-order valence-electron chi connectivity index (χ3n) is 18.2. The van der Waals surface area contributed by atoms with Gasteiger partial charge in [-0.1, -0.05) is 102 Å². The van der Waals surface area contributed by atoms with Crippen molar-refractivity contribution in [3.63, 3.8) is 0 Å². The average Bonchev–Trinajstić information content (AvgIpc) is 3.87. The van der Waals surface area contributed by atoms with E-state index in [2.05, 4.69) is 51.1 Å². The number of aliphatic hydroxyl groups is 3. The highest BCUT2D eigenvalue weighted by atomic mass is 16.5. The average molecular weight is 799 g/mol. The van der Waals surface area contributed by atoms with E-state index in [1.807, 2.05) is 12.2 Å². The second-order valence-electron chi connectivity index (χ2n) is 21.4. The lowest BCUT2D eigenvalue weighted by atomic mass is 9.31. The number of ether oxygens (including phenoxy) is 2. The maximum Gasteiger partial charge on any atom is 0.331 e. The van der Waals surface area contributed by atoms with Gasteiger partial charge in [0.1, 0.15) is 12.7 Å². The second kappa shape index (κ2) is 16.4. The number of cyclic esters (lactones) is 1. The Labute approximate surface area is 348 Å². The highest BCUT2D eigenvalue weighted by molar-refractivity contribution is 5.85. The van der Waals surface area contributed by atoms with Crippen molar-refractivity contribution < 1.29 is 34.4 Å². The largest absolute Gasteiger partial charge is 0.462 e. The molecule has 3 N–H and O–H groups in total. The standard InChI is InChI=1S/C51H74O7/c1-36(13-12-16-37-14-6-4-7-15-37)19-29-49(55)32-31-46(2)34-41(58-45(54)39-17-8-5-9-18-39)44-47(3,40-21-27-48(28-22-40)24-10-11-25-48)26-23-42(52)51(44,49)50(46,56)30-20-38-33-43(53)57-35-38/h4,6-7,14-15,31-33,36,39-42,44,52,55-56H,5,8-13,16-30,34-35H2,1-3H3/t36-,41-,42-,44+,46+,47+,49-,50-,51+/m1/s1.